The minimum Gasteiger partial charge on any atom is -0.0585 e. The van der Waals surface area contributed by atoms with Gasteiger partial charge in [0.1, 0.15) is 0 Å². The summed E-state index contributed by atoms with van der Waals surface area (Å²) in [6.07, 6.45) is 9.87. The van der Waals surface area contributed by atoms with Crippen molar-refractivity contribution in [2.24, 2.45) is 0 Å². The van der Waals surface area contributed by atoms with Gasteiger partial charge in [-0.25, -0.2) is 0 Å². The van der Waals surface area contributed by atoms with Crippen LogP contribution >= 0.6 is 0 Å². The molecule has 0 unspecified atom stereocenters. The Balaban J connectivity index is 1.81. The summed E-state index contributed by atoms with van der Waals surface area (Å²) in [7, 11) is 0. The van der Waals surface area contributed by atoms with E-state index in [4.69, 9.17) is 0 Å². The van der Waals surface area contributed by atoms with Gasteiger partial charge in [-0.15, -0.1) is 0 Å². The number of hydrogen-bond acceptors (Lipinski definition) is 0. The SMILES string of the molecule is CC1(c2ccc(C3CCC3)cc2)CCCC1. The molecule has 86 valence electrons. The van der Waals surface area contributed by atoms with Crippen LogP contribution in [0.4, 0.5) is 0 Å². The van der Waals surface area contributed by atoms with Crippen molar-refractivity contribution in [3.05, 3.63) is 35.4 Å². The first kappa shape index (κ1) is 10.4. The van der Waals surface area contributed by atoms with Gasteiger partial charge in [-0.05, 0) is 48.1 Å². The van der Waals surface area contributed by atoms with E-state index in [2.05, 4.69) is 31.2 Å². The Hall–Kier alpha value is -0.780. The van der Waals surface area contributed by atoms with Crippen molar-refractivity contribution in [1.82, 2.24) is 0 Å². The molecule has 0 saturated heterocycles. The monoisotopic (exact) mass is 214 g/mol. The molecule has 2 aliphatic rings. The molecule has 0 heteroatoms. The Bertz CT molecular complexity index is 350. The van der Waals surface area contributed by atoms with Gasteiger partial charge >= 0.3 is 0 Å². The van der Waals surface area contributed by atoms with E-state index in [-0.39, 0.29) is 0 Å². The summed E-state index contributed by atoms with van der Waals surface area (Å²) < 4.78 is 0. The normalized spacial score (nSPS) is 24.3. The van der Waals surface area contributed by atoms with Crippen molar-refractivity contribution < 1.29 is 0 Å². The van der Waals surface area contributed by atoms with Crippen LogP contribution in [0.25, 0.3) is 0 Å². The highest BCUT2D eigenvalue weighted by Gasteiger charge is 2.30. The van der Waals surface area contributed by atoms with Gasteiger partial charge in [0.05, 0.1) is 0 Å². The topological polar surface area (TPSA) is 0 Å². The van der Waals surface area contributed by atoms with Crippen molar-refractivity contribution in [3.8, 4) is 0 Å². The Morgan fingerprint density at radius 1 is 0.938 bits per heavy atom. The third-order valence-electron chi connectivity index (χ3n) is 4.89. The first-order chi connectivity index (χ1) is 7.78. The number of hydrogen-bond donors (Lipinski definition) is 0. The van der Waals surface area contributed by atoms with E-state index in [1.165, 1.54) is 44.9 Å². The van der Waals surface area contributed by atoms with Crippen LogP contribution in [-0.2, 0) is 5.41 Å². The molecule has 3 rings (SSSR count). The smallest absolute Gasteiger partial charge is 0.00752 e. The molecule has 0 nitrogen and oxygen atoms in total. The van der Waals surface area contributed by atoms with Crippen LogP contribution in [0.2, 0.25) is 0 Å². The van der Waals surface area contributed by atoms with Crippen LogP contribution in [-0.4, -0.2) is 0 Å². The second kappa shape index (κ2) is 3.91. The summed E-state index contributed by atoms with van der Waals surface area (Å²) >= 11 is 0. The van der Waals surface area contributed by atoms with Gasteiger partial charge in [-0.3, -0.25) is 0 Å². The second-order valence-corrected chi connectivity index (χ2v) is 6.02. The average molecular weight is 214 g/mol. The molecule has 1 aromatic carbocycles. The molecular weight excluding hydrogens is 192 g/mol. The Labute approximate surface area is 99.1 Å². The van der Waals surface area contributed by atoms with Crippen LogP contribution in [0, 0.1) is 0 Å². The van der Waals surface area contributed by atoms with E-state index in [9.17, 15) is 0 Å². The van der Waals surface area contributed by atoms with E-state index < -0.39 is 0 Å². The lowest BCUT2D eigenvalue weighted by Gasteiger charge is -2.28. The lowest BCUT2D eigenvalue weighted by atomic mass is 9.77. The van der Waals surface area contributed by atoms with Crippen LogP contribution in [0.1, 0.15) is 68.9 Å². The molecule has 2 aliphatic carbocycles. The molecule has 0 radical (unpaired) electrons. The molecule has 0 bridgehead atoms. The quantitative estimate of drug-likeness (QED) is 0.664. The van der Waals surface area contributed by atoms with Crippen LogP contribution in [0.3, 0.4) is 0 Å². The highest BCUT2D eigenvalue weighted by Crippen LogP contribution is 2.42. The van der Waals surface area contributed by atoms with E-state index in [1.54, 1.807) is 11.1 Å². The third kappa shape index (κ3) is 1.69. The Kier molecular flexibility index (Phi) is 2.53. The maximum absolute atomic E-state index is 2.44. The third-order valence-corrected chi connectivity index (χ3v) is 4.89. The predicted molar refractivity (Wildman–Crippen MR) is 68.9 cm³/mol. The van der Waals surface area contributed by atoms with E-state index in [1.807, 2.05) is 0 Å². The van der Waals surface area contributed by atoms with Gasteiger partial charge in [0.2, 0.25) is 0 Å². The van der Waals surface area contributed by atoms with Gasteiger partial charge < -0.3 is 0 Å². The fourth-order valence-corrected chi connectivity index (χ4v) is 3.34. The van der Waals surface area contributed by atoms with E-state index >= 15 is 0 Å². The molecule has 0 amide bonds. The molecule has 2 saturated carbocycles. The Morgan fingerprint density at radius 3 is 2.06 bits per heavy atom. The fourth-order valence-electron chi connectivity index (χ4n) is 3.34. The van der Waals surface area contributed by atoms with Crippen molar-refractivity contribution in [2.75, 3.05) is 0 Å². The zero-order valence-electron chi connectivity index (χ0n) is 10.3. The molecule has 16 heavy (non-hydrogen) atoms. The molecule has 2 fully saturated rings. The molecule has 0 aliphatic heterocycles. The van der Waals surface area contributed by atoms with E-state index in [0.29, 0.717) is 5.41 Å². The maximum atomic E-state index is 2.44. The highest BCUT2D eigenvalue weighted by atomic mass is 14.3. The van der Waals surface area contributed by atoms with Crippen molar-refractivity contribution in [2.45, 2.75) is 63.2 Å². The average Bonchev–Trinajstić information content (AvgIpc) is 2.65. The van der Waals surface area contributed by atoms with Gasteiger partial charge in [-0.1, -0.05) is 50.5 Å². The lowest BCUT2D eigenvalue weighted by molar-refractivity contribution is 0.419. The van der Waals surface area contributed by atoms with Gasteiger partial charge in [0.15, 0.2) is 0 Å². The lowest BCUT2D eigenvalue weighted by Crippen LogP contribution is -2.17. The zero-order chi connectivity index (χ0) is 11.0. The van der Waals surface area contributed by atoms with Crippen LogP contribution in [0.5, 0.6) is 0 Å². The summed E-state index contributed by atoms with van der Waals surface area (Å²) in [6.45, 7) is 2.44. The molecule has 0 spiro atoms. The minimum atomic E-state index is 0.484. The molecule has 0 N–H and O–H groups in total. The molecule has 0 atom stereocenters. The number of benzene rings is 1. The van der Waals surface area contributed by atoms with Crippen molar-refractivity contribution >= 4 is 0 Å². The summed E-state index contributed by atoms with van der Waals surface area (Å²) in [5, 5.41) is 0. The van der Waals surface area contributed by atoms with Crippen molar-refractivity contribution in [3.63, 3.8) is 0 Å². The zero-order valence-corrected chi connectivity index (χ0v) is 10.3. The largest absolute Gasteiger partial charge is 0.0585 e. The van der Waals surface area contributed by atoms with Crippen molar-refractivity contribution in [1.29, 1.82) is 0 Å². The van der Waals surface area contributed by atoms with E-state index in [0.717, 1.165) is 5.92 Å². The minimum absolute atomic E-state index is 0.484. The number of rotatable bonds is 2. The summed E-state index contributed by atoms with van der Waals surface area (Å²) in [4.78, 5) is 0. The van der Waals surface area contributed by atoms with Crippen LogP contribution < -0.4 is 0 Å². The molecular formula is C16H22. The molecule has 0 heterocycles. The highest BCUT2D eigenvalue weighted by molar-refractivity contribution is 5.31. The predicted octanol–water partition coefficient (Wildman–Crippen LogP) is 4.79. The first-order valence-corrected chi connectivity index (χ1v) is 6.88. The van der Waals surface area contributed by atoms with Gasteiger partial charge in [0, 0.05) is 0 Å². The first-order valence-electron chi connectivity index (χ1n) is 6.88. The summed E-state index contributed by atoms with van der Waals surface area (Å²) in [5.74, 6) is 0.880. The fraction of sp³-hybridized carbons (Fsp3) is 0.625. The molecule has 0 aromatic heterocycles. The summed E-state index contributed by atoms with van der Waals surface area (Å²) in [5.41, 5.74) is 3.64. The van der Waals surface area contributed by atoms with Crippen LogP contribution in [0.15, 0.2) is 24.3 Å². The Morgan fingerprint density at radius 2 is 1.56 bits per heavy atom. The maximum Gasteiger partial charge on any atom is -0.00752 e. The summed E-state index contributed by atoms with van der Waals surface area (Å²) in [6, 6.07) is 9.59. The standard InChI is InChI=1S/C16H22/c1-16(11-2-3-12-16)15-9-7-14(8-10-15)13-5-4-6-13/h7-10,13H,2-6,11-12H2,1H3. The van der Waals surface area contributed by atoms with Gasteiger partial charge in [-0.2, -0.15) is 0 Å². The second-order valence-electron chi connectivity index (χ2n) is 6.02. The van der Waals surface area contributed by atoms with Gasteiger partial charge in [0.25, 0.3) is 0 Å². The molecule has 1 aromatic rings.